The lowest BCUT2D eigenvalue weighted by molar-refractivity contribution is 0.172. The number of aryl methyl sites for hydroxylation is 2. The van der Waals surface area contributed by atoms with Crippen LogP contribution in [0.2, 0.25) is 0 Å². The first-order valence-corrected chi connectivity index (χ1v) is 9.04. The van der Waals surface area contributed by atoms with E-state index in [0.29, 0.717) is 23.9 Å². The van der Waals surface area contributed by atoms with Crippen LogP contribution in [-0.2, 0) is 10.0 Å². The zero-order valence-corrected chi connectivity index (χ0v) is 14.3. The van der Waals surface area contributed by atoms with Crippen LogP contribution < -0.4 is 0 Å². The number of piperazine rings is 1. The van der Waals surface area contributed by atoms with Gasteiger partial charge in [-0.15, -0.1) is 0 Å². The van der Waals surface area contributed by atoms with Gasteiger partial charge in [-0.1, -0.05) is 31.5 Å². The van der Waals surface area contributed by atoms with Gasteiger partial charge in [0, 0.05) is 32.7 Å². The van der Waals surface area contributed by atoms with Crippen LogP contribution in [0.4, 0.5) is 0 Å². The number of hydrogen-bond donors (Lipinski definition) is 0. The van der Waals surface area contributed by atoms with E-state index in [4.69, 9.17) is 0 Å². The molecule has 1 aromatic rings. The Bertz CT molecular complexity index is 588. The summed E-state index contributed by atoms with van der Waals surface area (Å²) in [7, 11) is -3.35. The molecular weight excluding hydrogens is 284 g/mol. The first kappa shape index (κ1) is 16.5. The SMILES string of the molecule is Cc1ccc(S(=O)(=O)N2CCN(CC(C)C)CC2)c(C)c1. The number of sulfonamides is 1. The standard InChI is InChI=1S/C16H26N2O2S/c1-13(2)12-17-7-9-18(10-8-17)21(19,20)16-6-5-14(3)11-15(16)4/h5-6,11,13H,7-10,12H2,1-4H3. The van der Waals surface area contributed by atoms with E-state index in [1.165, 1.54) is 0 Å². The molecule has 0 N–H and O–H groups in total. The molecule has 1 saturated heterocycles. The Morgan fingerprint density at radius 3 is 2.24 bits per heavy atom. The third-order valence-corrected chi connectivity index (χ3v) is 5.96. The Morgan fingerprint density at radius 1 is 1.10 bits per heavy atom. The van der Waals surface area contributed by atoms with Gasteiger partial charge >= 0.3 is 0 Å². The van der Waals surface area contributed by atoms with Gasteiger partial charge in [0.15, 0.2) is 0 Å². The van der Waals surface area contributed by atoms with Gasteiger partial charge in [-0.3, -0.25) is 0 Å². The fourth-order valence-electron chi connectivity index (χ4n) is 2.90. The second-order valence-corrected chi connectivity index (χ2v) is 8.27. The lowest BCUT2D eigenvalue weighted by Crippen LogP contribution is -2.49. The molecule has 0 atom stereocenters. The normalized spacial score (nSPS) is 18.3. The van der Waals surface area contributed by atoms with E-state index >= 15 is 0 Å². The van der Waals surface area contributed by atoms with Crippen molar-refractivity contribution in [3.63, 3.8) is 0 Å². The van der Waals surface area contributed by atoms with Gasteiger partial charge in [-0.2, -0.15) is 4.31 Å². The molecule has 1 fully saturated rings. The van der Waals surface area contributed by atoms with Crippen molar-refractivity contribution in [2.24, 2.45) is 5.92 Å². The van der Waals surface area contributed by atoms with Gasteiger partial charge in [-0.25, -0.2) is 8.42 Å². The zero-order valence-electron chi connectivity index (χ0n) is 13.5. The number of benzene rings is 1. The quantitative estimate of drug-likeness (QED) is 0.856. The van der Waals surface area contributed by atoms with Crippen LogP contribution >= 0.6 is 0 Å². The highest BCUT2D eigenvalue weighted by Crippen LogP contribution is 2.22. The highest BCUT2D eigenvalue weighted by atomic mass is 32.2. The zero-order chi connectivity index (χ0) is 15.6. The summed E-state index contributed by atoms with van der Waals surface area (Å²) in [5, 5.41) is 0. The molecular formula is C16H26N2O2S. The van der Waals surface area contributed by atoms with E-state index in [1.54, 1.807) is 10.4 Å². The monoisotopic (exact) mass is 310 g/mol. The molecule has 1 aliphatic rings. The maximum absolute atomic E-state index is 12.8. The Hall–Kier alpha value is -0.910. The average molecular weight is 310 g/mol. The van der Waals surface area contributed by atoms with Crippen molar-refractivity contribution in [1.82, 2.24) is 9.21 Å². The van der Waals surface area contributed by atoms with Gasteiger partial charge in [0.05, 0.1) is 4.90 Å². The lowest BCUT2D eigenvalue weighted by atomic mass is 10.2. The molecule has 0 aromatic heterocycles. The van der Waals surface area contributed by atoms with Crippen molar-refractivity contribution in [3.8, 4) is 0 Å². The van der Waals surface area contributed by atoms with E-state index in [0.717, 1.165) is 30.8 Å². The maximum Gasteiger partial charge on any atom is 0.243 e. The highest BCUT2D eigenvalue weighted by Gasteiger charge is 2.29. The minimum absolute atomic E-state index is 0.449. The third-order valence-electron chi connectivity index (χ3n) is 3.90. The van der Waals surface area contributed by atoms with Gasteiger partial charge in [0.25, 0.3) is 0 Å². The Morgan fingerprint density at radius 2 is 1.71 bits per heavy atom. The summed E-state index contributed by atoms with van der Waals surface area (Å²) in [6.45, 7) is 12.1. The molecule has 1 aromatic carbocycles. The Balaban J connectivity index is 2.11. The van der Waals surface area contributed by atoms with Crippen LogP contribution in [0.25, 0.3) is 0 Å². The molecule has 0 radical (unpaired) electrons. The molecule has 0 spiro atoms. The largest absolute Gasteiger partial charge is 0.300 e. The predicted octanol–water partition coefficient (Wildman–Crippen LogP) is 2.27. The van der Waals surface area contributed by atoms with Gasteiger partial charge in [0.1, 0.15) is 0 Å². The van der Waals surface area contributed by atoms with Gasteiger partial charge in [-0.05, 0) is 31.4 Å². The Labute approximate surface area is 128 Å². The van der Waals surface area contributed by atoms with Crippen molar-refractivity contribution in [3.05, 3.63) is 29.3 Å². The molecule has 4 nitrogen and oxygen atoms in total. The molecule has 118 valence electrons. The number of hydrogen-bond acceptors (Lipinski definition) is 3. The summed E-state index contributed by atoms with van der Waals surface area (Å²) < 4.78 is 27.1. The molecule has 0 amide bonds. The van der Waals surface area contributed by atoms with E-state index in [9.17, 15) is 8.42 Å². The maximum atomic E-state index is 12.8. The fraction of sp³-hybridized carbons (Fsp3) is 0.625. The lowest BCUT2D eigenvalue weighted by Gasteiger charge is -2.35. The summed E-state index contributed by atoms with van der Waals surface area (Å²) in [6.07, 6.45) is 0. The van der Waals surface area contributed by atoms with Crippen LogP contribution in [0.15, 0.2) is 23.1 Å². The van der Waals surface area contributed by atoms with Crippen LogP contribution in [0.3, 0.4) is 0 Å². The van der Waals surface area contributed by atoms with Crippen LogP contribution in [0.5, 0.6) is 0 Å². The minimum Gasteiger partial charge on any atom is -0.300 e. The molecule has 21 heavy (non-hydrogen) atoms. The van der Waals surface area contributed by atoms with E-state index in [1.807, 2.05) is 26.0 Å². The highest BCUT2D eigenvalue weighted by molar-refractivity contribution is 7.89. The Kier molecular flexibility index (Phi) is 5.07. The van der Waals surface area contributed by atoms with Gasteiger partial charge < -0.3 is 4.90 Å². The summed E-state index contributed by atoms with van der Waals surface area (Å²) in [4.78, 5) is 2.80. The van der Waals surface area contributed by atoms with Crippen LogP contribution in [-0.4, -0.2) is 50.3 Å². The first-order valence-electron chi connectivity index (χ1n) is 7.60. The smallest absolute Gasteiger partial charge is 0.243 e. The van der Waals surface area contributed by atoms with Crippen molar-refractivity contribution >= 4 is 10.0 Å². The van der Waals surface area contributed by atoms with Crippen LogP contribution in [0, 0.1) is 19.8 Å². The topological polar surface area (TPSA) is 40.6 Å². The third kappa shape index (κ3) is 3.84. The van der Waals surface area contributed by atoms with Crippen molar-refractivity contribution in [1.29, 1.82) is 0 Å². The second kappa shape index (κ2) is 6.46. The molecule has 0 bridgehead atoms. The average Bonchev–Trinajstić information content (AvgIpc) is 2.38. The predicted molar refractivity (Wildman–Crippen MR) is 86.0 cm³/mol. The van der Waals surface area contributed by atoms with E-state index < -0.39 is 10.0 Å². The number of nitrogens with zero attached hydrogens (tertiary/aromatic N) is 2. The summed E-state index contributed by atoms with van der Waals surface area (Å²) in [5.74, 6) is 0.618. The fourth-order valence-corrected chi connectivity index (χ4v) is 4.52. The van der Waals surface area contributed by atoms with Gasteiger partial charge in [0.2, 0.25) is 10.0 Å². The first-order chi connectivity index (χ1) is 9.80. The van der Waals surface area contributed by atoms with E-state index in [2.05, 4.69) is 18.7 Å². The van der Waals surface area contributed by atoms with Crippen LogP contribution in [0.1, 0.15) is 25.0 Å². The molecule has 0 unspecified atom stereocenters. The van der Waals surface area contributed by atoms with Crippen molar-refractivity contribution < 1.29 is 8.42 Å². The van der Waals surface area contributed by atoms with E-state index in [-0.39, 0.29) is 0 Å². The minimum atomic E-state index is -3.35. The molecule has 0 aliphatic carbocycles. The number of rotatable bonds is 4. The summed E-state index contributed by atoms with van der Waals surface area (Å²) >= 11 is 0. The molecule has 5 heteroatoms. The molecule has 1 heterocycles. The molecule has 0 saturated carbocycles. The summed E-state index contributed by atoms with van der Waals surface area (Å²) in [5.41, 5.74) is 1.92. The second-order valence-electron chi connectivity index (χ2n) is 6.37. The molecule has 1 aliphatic heterocycles. The van der Waals surface area contributed by atoms with Crippen molar-refractivity contribution in [2.75, 3.05) is 32.7 Å². The summed E-state index contributed by atoms with van der Waals surface area (Å²) in [6, 6.07) is 5.54. The molecule has 2 rings (SSSR count). The van der Waals surface area contributed by atoms with Crippen molar-refractivity contribution in [2.45, 2.75) is 32.6 Å².